The first kappa shape index (κ1) is 19.7. The van der Waals surface area contributed by atoms with Crippen molar-refractivity contribution in [2.24, 2.45) is 0 Å². The Balaban J connectivity index is 1.59. The number of quaternary nitrogens is 1. The third-order valence-corrected chi connectivity index (χ3v) is 4.99. The summed E-state index contributed by atoms with van der Waals surface area (Å²) in [6.45, 7) is 7.80. The van der Waals surface area contributed by atoms with Crippen LogP contribution in [0.2, 0.25) is 0 Å². The van der Waals surface area contributed by atoms with Crippen molar-refractivity contribution < 1.29 is 18.9 Å². The Morgan fingerprint density at radius 1 is 1.11 bits per heavy atom. The van der Waals surface area contributed by atoms with E-state index in [1.165, 1.54) is 16.7 Å². The van der Waals surface area contributed by atoms with E-state index < -0.39 is 11.8 Å². The first-order chi connectivity index (χ1) is 13.7. The molecule has 0 saturated carbocycles. The molecular weight excluding hydrogens is 356 g/mol. The molecule has 3 rings (SSSR count). The van der Waals surface area contributed by atoms with Crippen LogP contribution in [0.5, 0.6) is 0 Å². The van der Waals surface area contributed by atoms with Crippen LogP contribution in [0.25, 0.3) is 0 Å². The van der Waals surface area contributed by atoms with E-state index >= 15 is 0 Å². The topological polar surface area (TPSA) is 79.0 Å². The van der Waals surface area contributed by atoms with Gasteiger partial charge in [0.05, 0.1) is 39.0 Å². The Kier molecular flexibility index (Phi) is 6.86. The highest BCUT2D eigenvalue weighted by Gasteiger charge is 2.31. The average molecular weight is 383 g/mol. The van der Waals surface area contributed by atoms with Gasteiger partial charge < -0.3 is 24.9 Å². The molecule has 7 nitrogen and oxygen atoms in total. The molecule has 0 aliphatic carbocycles. The fourth-order valence-electron chi connectivity index (χ4n) is 3.50. The summed E-state index contributed by atoms with van der Waals surface area (Å²) in [5.74, 6) is -0.474. The number of hydrogen-bond acceptors (Lipinski definition) is 4. The zero-order valence-corrected chi connectivity index (χ0v) is 15.9. The van der Waals surface area contributed by atoms with E-state index in [2.05, 4.69) is 34.2 Å². The van der Waals surface area contributed by atoms with Crippen LogP contribution < -0.4 is 20.4 Å². The second-order valence-electron chi connectivity index (χ2n) is 6.76. The standard InChI is InChI=1S/C21H26N4O3/c1-2-10-22-20(26)21(27)23-16-18(19-9-6-15-28-19)25-13-11-24(12-14-25)17-7-4-3-5-8-17/h2-9,15,18H,1,10-14,16H2,(H,22,26)(H,23,27)/p+1/t18-/m0/s1. The summed E-state index contributed by atoms with van der Waals surface area (Å²) in [4.78, 5) is 27.5. The summed E-state index contributed by atoms with van der Waals surface area (Å²) in [7, 11) is 0. The number of para-hydroxylation sites is 1. The minimum absolute atomic E-state index is 0.0379. The Morgan fingerprint density at radius 3 is 2.46 bits per heavy atom. The van der Waals surface area contributed by atoms with Gasteiger partial charge in [-0.25, -0.2) is 0 Å². The fourth-order valence-corrected chi connectivity index (χ4v) is 3.50. The lowest BCUT2D eigenvalue weighted by Gasteiger charge is -2.37. The van der Waals surface area contributed by atoms with Crippen molar-refractivity contribution in [1.82, 2.24) is 10.6 Å². The molecule has 0 spiro atoms. The van der Waals surface area contributed by atoms with E-state index in [4.69, 9.17) is 4.42 Å². The number of anilines is 1. The minimum atomic E-state index is -0.651. The number of nitrogens with one attached hydrogen (secondary N) is 3. The van der Waals surface area contributed by atoms with Gasteiger partial charge in [-0.05, 0) is 24.3 Å². The van der Waals surface area contributed by atoms with Crippen LogP contribution in [0, 0.1) is 0 Å². The molecule has 148 valence electrons. The van der Waals surface area contributed by atoms with Crippen LogP contribution in [0.15, 0.2) is 65.8 Å². The van der Waals surface area contributed by atoms with Crippen molar-refractivity contribution in [2.75, 3.05) is 44.2 Å². The quantitative estimate of drug-likeness (QED) is 0.470. The molecule has 1 aromatic heterocycles. The molecule has 0 radical (unpaired) electrons. The number of carbonyl (C=O) groups excluding carboxylic acids is 2. The highest BCUT2D eigenvalue weighted by Crippen LogP contribution is 2.14. The van der Waals surface area contributed by atoms with Crippen molar-refractivity contribution in [3.05, 3.63) is 67.1 Å². The number of furan rings is 1. The van der Waals surface area contributed by atoms with Crippen molar-refractivity contribution in [2.45, 2.75) is 6.04 Å². The molecule has 1 aromatic carbocycles. The van der Waals surface area contributed by atoms with Gasteiger partial charge in [0.15, 0.2) is 11.8 Å². The van der Waals surface area contributed by atoms with Crippen molar-refractivity contribution >= 4 is 17.5 Å². The maximum atomic E-state index is 12.0. The van der Waals surface area contributed by atoms with Crippen LogP contribution in [0.1, 0.15) is 11.8 Å². The maximum Gasteiger partial charge on any atom is 0.309 e. The maximum absolute atomic E-state index is 12.0. The number of carbonyl (C=O) groups is 2. The largest absolute Gasteiger partial charge is 0.463 e. The number of nitrogens with zero attached hydrogens (tertiary/aromatic N) is 1. The third-order valence-electron chi connectivity index (χ3n) is 4.99. The SMILES string of the molecule is C=CCNC(=O)C(=O)NC[C@@H](c1ccco1)[NH+]1CCN(c2ccccc2)CC1. The van der Waals surface area contributed by atoms with Gasteiger partial charge in [-0.1, -0.05) is 24.3 Å². The van der Waals surface area contributed by atoms with Crippen molar-refractivity contribution in [1.29, 1.82) is 0 Å². The summed E-state index contributed by atoms with van der Waals surface area (Å²) < 4.78 is 5.62. The summed E-state index contributed by atoms with van der Waals surface area (Å²) in [6.07, 6.45) is 3.17. The lowest BCUT2D eigenvalue weighted by molar-refractivity contribution is -0.932. The molecule has 7 heteroatoms. The molecule has 0 bridgehead atoms. The van der Waals surface area contributed by atoms with Gasteiger partial charge in [-0.15, -0.1) is 6.58 Å². The van der Waals surface area contributed by atoms with E-state index in [1.54, 1.807) is 6.26 Å². The van der Waals surface area contributed by atoms with Crippen LogP contribution in [-0.4, -0.2) is 51.1 Å². The highest BCUT2D eigenvalue weighted by molar-refractivity contribution is 6.35. The Bertz CT molecular complexity index is 768. The molecule has 1 atom stereocenters. The molecule has 0 unspecified atom stereocenters. The molecule has 28 heavy (non-hydrogen) atoms. The predicted octanol–water partition coefficient (Wildman–Crippen LogP) is 0.144. The highest BCUT2D eigenvalue weighted by atomic mass is 16.3. The van der Waals surface area contributed by atoms with E-state index in [-0.39, 0.29) is 12.6 Å². The van der Waals surface area contributed by atoms with Gasteiger partial charge in [0, 0.05) is 12.2 Å². The van der Waals surface area contributed by atoms with Gasteiger partial charge in [0.1, 0.15) is 0 Å². The number of benzene rings is 1. The predicted molar refractivity (Wildman–Crippen MR) is 107 cm³/mol. The Morgan fingerprint density at radius 2 is 1.82 bits per heavy atom. The Hall–Kier alpha value is -3.06. The first-order valence-corrected chi connectivity index (χ1v) is 9.54. The molecular formula is C21H27N4O3+. The van der Waals surface area contributed by atoms with E-state index in [1.807, 2.05) is 30.3 Å². The van der Waals surface area contributed by atoms with E-state index in [0.29, 0.717) is 6.54 Å². The Labute approximate surface area is 165 Å². The summed E-state index contributed by atoms with van der Waals surface area (Å²) in [6, 6.07) is 14.1. The molecule has 1 fully saturated rings. The molecule has 2 amide bonds. The van der Waals surface area contributed by atoms with Crippen LogP contribution in [0.4, 0.5) is 5.69 Å². The summed E-state index contributed by atoms with van der Waals surface area (Å²) in [5.41, 5.74) is 1.23. The van der Waals surface area contributed by atoms with Crippen LogP contribution in [-0.2, 0) is 9.59 Å². The second-order valence-corrected chi connectivity index (χ2v) is 6.76. The van der Waals surface area contributed by atoms with Crippen molar-refractivity contribution in [3.8, 4) is 0 Å². The molecule has 1 saturated heterocycles. The molecule has 3 N–H and O–H groups in total. The first-order valence-electron chi connectivity index (χ1n) is 9.54. The van der Waals surface area contributed by atoms with Gasteiger partial charge in [0.25, 0.3) is 0 Å². The lowest BCUT2D eigenvalue weighted by atomic mass is 10.1. The number of hydrogen-bond donors (Lipinski definition) is 3. The van der Waals surface area contributed by atoms with Crippen LogP contribution in [0.3, 0.4) is 0 Å². The fraction of sp³-hybridized carbons (Fsp3) is 0.333. The van der Waals surface area contributed by atoms with Crippen molar-refractivity contribution in [3.63, 3.8) is 0 Å². The smallest absolute Gasteiger partial charge is 0.309 e. The van der Waals surface area contributed by atoms with Gasteiger partial charge >= 0.3 is 11.8 Å². The van der Waals surface area contributed by atoms with Gasteiger partial charge in [-0.2, -0.15) is 0 Å². The number of amides is 2. The second kappa shape index (κ2) is 9.75. The molecule has 1 aliphatic heterocycles. The zero-order valence-electron chi connectivity index (χ0n) is 15.9. The third kappa shape index (κ3) is 5.01. The molecule has 2 aromatic rings. The summed E-state index contributed by atoms with van der Waals surface area (Å²) in [5, 5.41) is 5.23. The van der Waals surface area contributed by atoms with Gasteiger partial charge in [-0.3, -0.25) is 9.59 Å². The minimum Gasteiger partial charge on any atom is -0.463 e. The van der Waals surface area contributed by atoms with Gasteiger partial charge in [0.2, 0.25) is 0 Å². The average Bonchev–Trinajstić information content (AvgIpc) is 3.27. The normalized spacial score (nSPS) is 15.6. The molecule has 2 heterocycles. The zero-order chi connectivity index (χ0) is 19.8. The van der Waals surface area contributed by atoms with Crippen LogP contribution >= 0.6 is 0 Å². The molecule has 1 aliphatic rings. The monoisotopic (exact) mass is 383 g/mol. The van der Waals surface area contributed by atoms with E-state index in [0.717, 1.165) is 31.9 Å². The number of piperazine rings is 1. The van der Waals surface area contributed by atoms with E-state index in [9.17, 15) is 9.59 Å². The lowest BCUT2D eigenvalue weighted by Crippen LogP contribution is -3.15. The number of rotatable bonds is 7. The summed E-state index contributed by atoms with van der Waals surface area (Å²) >= 11 is 0.